The Labute approximate surface area is 134 Å². The summed E-state index contributed by atoms with van der Waals surface area (Å²) in [5.74, 6) is -0.163. The molecule has 0 aliphatic heterocycles. The number of carbonyl (C=O) groups excluding carboxylic acids is 2. The first-order valence-electron chi connectivity index (χ1n) is 7.09. The predicted octanol–water partition coefficient (Wildman–Crippen LogP) is 2.69. The molecule has 2 rings (SSSR count). The maximum atomic E-state index is 11.7. The molecule has 0 heterocycles. The number of amides is 1. The van der Waals surface area contributed by atoms with Crippen LogP contribution >= 0.6 is 0 Å². The number of benzene rings is 2. The molecule has 6 nitrogen and oxygen atoms in total. The van der Waals surface area contributed by atoms with Crippen LogP contribution in [0, 0.1) is 0 Å². The summed E-state index contributed by atoms with van der Waals surface area (Å²) in [4.78, 5) is 23.1. The van der Waals surface area contributed by atoms with Crippen molar-refractivity contribution in [3.63, 3.8) is 0 Å². The molecule has 6 heteroatoms. The van der Waals surface area contributed by atoms with E-state index >= 15 is 0 Å². The zero-order valence-corrected chi connectivity index (χ0v) is 12.7. The normalized spacial score (nSPS) is 11.4. The van der Waals surface area contributed by atoms with Crippen LogP contribution < -0.4 is 15.8 Å². The van der Waals surface area contributed by atoms with Gasteiger partial charge in [-0.1, -0.05) is 30.3 Å². The number of ether oxygens (including phenoxy) is 2. The number of hydrogen-bond acceptors (Lipinski definition) is 5. The monoisotopic (exact) mass is 314 g/mol. The van der Waals surface area contributed by atoms with E-state index in [1.54, 1.807) is 31.2 Å². The van der Waals surface area contributed by atoms with Crippen molar-refractivity contribution in [2.75, 3.05) is 5.32 Å². The Kier molecular flexibility index (Phi) is 5.71. The van der Waals surface area contributed by atoms with Gasteiger partial charge in [0, 0.05) is 5.69 Å². The van der Waals surface area contributed by atoms with Crippen molar-refractivity contribution >= 4 is 17.7 Å². The van der Waals surface area contributed by atoms with Crippen molar-refractivity contribution in [3.05, 3.63) is 60.2 Å². The third kappa shape index (κ3) is 5.44. The SMILES string of the molecule is C[C@H](N)C(=O)Oc1ccc(NC(=O)OCc2ccccc2)cc1. The molecule has 0 aliphatic rings. The van der Waals surface area contributed by atoms with Crippen LogP contribution in [0.3, 0.4) is 0 Å². The number of carbonyl (C=O) groups is 2. The Morgan fingerprint density at radius 3 is 2.35 bits per heavy atom. The fourth-order valence-corrected chi connectivity index (χ4v) is 1.69. The molecule has 0 aromatic heterocycles. The summed E-state index contributed by atoms with van der Waals surface area (Å²) in [6.45, 7) is 1.73. The van der Waals surface area contributed by atoms with Crippen LogP contribution in [0.4, 0.5) is 10.5 Å². The average molecular weight is 314 g/mol. The second-order valence-electron chi connectivity index (χ2n) is 4.92. The van der Waals surface area contributed by atoms with Crippen molar-refractivity contribution in [1.82, 2.24) is 0 Å². The van der Waals surface area contributed by atoms with E-state index < -0.39 is 18.1 Å². The second-order valence-corrected chi connectivity index (χ2v) is 4.92. The van der Waals surface area contributed by atoms with E-state index in [9.17, 15) is 9.59 Å². The zero-order valence-electron chi connectivity index (χ0n) is 12.7. The number of esters is 1. The molecule has 1 atom stereocenters. The first-order valence-corrected chi connectivity index (χ1v) is 7.09. The van der Waals surface area contributed by atoms with Gasteiger partial charge >= 0.3 is 12.1 Å². The van der Waals surface area contributed by atoms with Gasteiger partial charge in [-0.25, -0.2) is 9.59 Å². The minimum atomic E-state index is -0.694. The van der Waals surface area contributed by atoms with Gasteiger partial charge in [0.2, 0.25) is 0 Å². The van der Waals surface area contributed by atoms with Crippen LogP contribution in [0.2, 0.25) is 0 Å². The smallest absolute Gasteiger partial charge is 0.411 e. The van der Waals surface area contributed by atoms with Crippen LogP contribution in [0.25, 0.3) is 0 Å². The van der Waals surface area contributed by atoms with E-state index in [-0.39, 0.29) is 6.61 Å². The number of hydrogen-bond donors (Lipinski definition) is 2. The Morgan fingerprint density at radius 1 is 1.09 bits per heavy atom. The lowest BCUT2D eigenvalue weighted by Crippen LogP contribution is -2.30. The van der Waals surface area contributed by atoms with Gasteiger partial charge in [0.15, 0.2) is 0 Å². The quantitative estimate of drug-likeness (QED) is 0.654. The molecular weight excluding hydrogens is 296 g/mol. The molecule has 2 aromatic rings. The second kappa shape index (κ2) is 7.95. The molecule has 3 N–H and O–H groups in total. The summed E-state index contributed by atoms with van der Waals surface area (Å²) in [6.07, 6.45) is -0.561. The van der Waals surface area contributed by atoms with Crippen LogP contribution in [-0.2, 0) is 16.1 Å². The van der Waals surface area contributed by atoms with E-state index in [1.807, 2.05) is 30.3 Å². The highest BCUT2D eigenvalue weighted by Gasteiger charge is 2.10. The van der Waals surface area contributed by atoms with E-state index in [0.29, 0.717) is 11.4 Å². The fourth-order valence-electron chi connectivity index (χ4n) is 1.69. The van der Waals surface area contributed by atoms with Gasteiger partial charge in [-0.3, -0.25) is 5.32 Å². The van der Waals surface area contributed by atoms with Gasteiger partial charge in [0.1, 0.15) is 18.4 Å². The van der Waals surface area contributed by atoms with Crippen molar-refractivity contribution in [3.8, 4) is 5.75 Å². The molecule has 0 unspecified atom stereocenters. The number of rotatable bonds is 5. The van der Waals surface area contributed by atoms with Gasteiger partial charge in [0.25, 0.3) is 0 Å². The Balaban J connectivity index is 1.83. The minimum absolute atomic E-state index is 0.191. The van der Waals surface area contributed by atoms with Crippen molar-refractivity contribution in [2.24, 2.45) is 5.73 Å². The van der Waals surface area contributed by atoms with Gasteiger partial charge in [-0.05, 0) is 36.8 Å². The first kappa shape index (κ1) is 16.5. The largest absolute Gasteiger partial charge is 0.444 e. The topological polar surface area (TPSA) is 90.7 Å². The molecule has 23 heavy (non-hydrogen) atoms. The molecule has 0 spiro atoms. The predicted molar refractivity (Wildman–Crippen MR) is 86.0 cm³/mol. The highest BCUT2D eigenvalue weighted by atomic mass is 16.5. The molecule has 0 aliphatic carbocycles. The van der Waals surface area contributed by atoms with Crippen LogP contribution in [-0.4, -0.2) is 18.1 Å². The molecule has 0 saturated heterocycles. The summed E-state index contributed by atoms with van der Waals surface area (Å²) in [5.41, 5.74) is 6.85. The van der Waals surface area contributed by atoms with Gasteiger partial charge in [-0.15, -0.1) is 0 Å². The first-order chi connectivity index (χ1) is 11.0. The highest BCUT2D eigenvalue weighted by Crippen LogP contribution is 2.16. The number of nitrogens with two attached hydrogens (primary N) is 1. The van der Waals surface area contributed by atoms with E-state index in [2.05, 4.69) is 5.32 Å². The fraction of sp³-hybridized carbons (Fsp3) is 0.176. The maximum Gasteiger partial charge on any atom is 0.411 e. The molecular formula is C17H18N2O4. The zero-order chi connectivity index (χ0) is 16.7. The Bertz CT molecular complexity index is 654. The molecule has 0 fully saturated rings. The number of nitrogens with one attached hydrogen (secondary N) is 1. The molecule has 120 valence electrons. The summed E-state index contributed by atoms with van der Waals surface area (Å²) in [5, 5.41) is 2.59. The molecule has 1 amide bonds. The van der Waals surface area contributed by atoms with E-state index in [0.717, 1.165) is 5.56 Å². The lowest BCUT2D eigenvalue weighted by molar-refractivity contribution is -0.135. The average Bonchev–Trinajstić information content (AvgIpc) is 2.55. The number of anilines is 1. The van der Waals surface area contributed by atoms with Crippen LogP contribution in [0.15, 0.2) is 54.6 Å². The third-order valence-corrected chi connectivity index (χ3v) is 2.90. The molecule has 0 bridgehead atoms. The lowest BCUT2D eigenvalue weighted by Gasteiger charge is -2.09. The summed E-state index contributed by atoms with van der Waals surface area (Å²) < 4.78 is 10.1. The Hall–Kier alpha value is -2.86. The molecule has 0 saturated carbocycles. The lowest BCUT2D eigenvalue weighted by atomic mass is 10.2. The standard InChI is InChI=1S/C17H18N2O4/c1-12(18)16(20)23-15-9-7-14(8-10-15)19-17(21)22-11-13-5-3-2-4-6-13/h2-10,12H,11,18H2,1H3,(H,19,21)/t12-/m0/s1. The van der Waals surface area contributed by atoms with Crippen molar-refractivity contribution in [1.29, 1.82) is 0 Å². The summed E-state index contributed by atoms with van der Waals surface area (Å²) in [7, 11) is 0. The van der Waals surface area contributed by atoms with Crippen LogP contribution in [0.1, 0.15) is 12.5 Å². The molecule has 0 radical (unpaired) electrons. The van der Waals surface area contributed by atoms with Crippen molar-refractivity contribution in [2.45, 2.75) is 19.6 Å². The van der Waals surface area contributed by atoms with Crippen molar-refractivity contribution < 1.29 is 19.1 Å². The summed E-state index contributed by atoms with van der Waals surface area (Å²) >= 11 is 0. The third-order valence-electron chi connectivity index (χ3n) is 2.90. The minimum Gasteiger partial charge on any atom is -0.444 e. The van der Waals surface area contributed by atoms with Gasteiger partial charge < -0.3 is 15.2 Å². The van der Waals surface area contributed by atoms with Crippen LogP contribution in [0.5, 0.6) is 5.75 Å². The van der Waals surface area contributed by atoms with Gasteiger partial charge in [0.05, 0.1) is 0 Å². The van der Waals surface area contributed by atoms with E-state index in [1.165, 1.54) is 0 Å². The molecule has 2 aromatic carbocycles. The van der Waals surface area contributed by atoms with E-state index in [4.69, 9.17) is 15.2 Å². The summed E-state index contributed by atoms with van der Waals surface area (Å²) in [6, 6.07) is 15.0. The maximum absolute atomic E-state index is 11.7. The highest BCUT2D eigenvalue weighted by molar-refractivity contribution is 5.84. The Morgan fingerprint density at radius 2 is 1.74 bits per heavy atom. The van der Waals surface area contributed by atoms with Gasteiger partial charge in [-0.2, -0.15) is 0 Å².